The quantitative estimate of drug-likeness (QED) is 0.590. The highest BCUT2D eigenvalue weighted by Gasteiger charge is 2.11. The van der Waals surface area contributed by atoms with Gasteiger partial charge in [0.2, 0.25) is 0 Å². The maximum atomic E-state index is 11.5. The lowest BCUT2D eigenvalue weighted by Gasteiger charge is -2.11. The van der Waals surface area contributed by atoms with Gasteiger partial charge >= 0.3 is 0 Å². The van der Waals surface area contributed by atoms with Gasteiger partial charge in [0.05, 0.1) is 0 Å². The van der Waals surface area contributed by atoms with Crippen LogP contribution in [0.4, 0.5) is 11.5 Å². The van der Waals surface area contributed by atoms with Gasteiger partial charge in [0.15, 0.2) is 16.8 Å². The summed E-state index contributed by atoms with van der Waals surface area (Å²) < 4.78 is 0. The molecule has 2 heterocycles. The predicted octanol–water partition coefficient (Wildman–Crippen LogP) is 3.33. The molecule has 0 aliphatic heterocycles. The van der Waals surface area contributed by atoms with Crippen molar-refractivity contribution in [3.8, 4) is 0 Å². The maximum Gasteiger partial charge on any atom is 0.160 e. The minimum atomic E-state index is 0.000894. The molecule has 6 nitrogen and oxygen atoms in total. The Morgan fingerprint density at radius 2 is 1.82 bits per heavy atom. The van der Waals surface area contributed by atoms with E-state index < -0.39 is 0 Å². The Morgan fingerprint density at radius 3 is 2.59 bits per heavy atom. The molecule has 0 amide bonds. The number of anilines is 2. The number of ketones is 1. The van der Waals surface area contributed by atoms with E-state index in [9.17, 15) is 4.79 Å². The van der Waals surface area contributed by atoms with E-state index in [0.29, 0.717) is 22.4 Å². The van der Waals surface area contributed by atoms with E-state index in [2.05, 4.69) is 25.3 Å². The van der Waals surface area contributed by atoms with Crippen LogP contribution in [0, 0.1) is 6.92 Å². The largest absolute Gasteiger partial charge is 0.338 e. The topological polar surface area (TPSA) is 80.7 Å². The van der Waals surface area contributed by atoms with E-state index >= 15 is 0 Å². The summed E-state index contributed by atoms with van der Waals surface area (Å²) in [6, 6.07) is 5.46. The predicted molar refractivity (Wildman–Crippen MR) is 84.6 cm³/mol. The number of hydrogen-bond acceptors (Lipinski definition) is 6. The van der Waals surface area contributed by atoms with E-state index in [0.717, 1.165) is 11.3 Å². The van der Waals surface area contributed by atoms with E-state index in [-0.39, 0.29) is 10.9 Å². The number of hydrogen-bond donors (Lipinski definition) is 1. The third kappa shape index (κ3) is 2.60. The molecule has 1 N–H and O–H groups in total. The number of carbonyl (C=O) groups is 1. The highest BCUT2D eigenvalue weighted by Crippen LogP contribution is 2.26. The van der Waals surface area contributed by atoms with E-state index in [1.54, 1.807) is 12.1 Å². The molecular formula is C15H12ClN5O. The molecule has 3 rings (SSSR count). The normalized spacial score (nSPS) is 10.7. The van der Waals surface area contributed by atoms with Gasteiger partial charge in [-0.05, 0) is 25.5 Å². The smallest absolute Gasteiger partial charge is 0.160 e. The number of benzene rings is 1. The number of rotatable bonds is 3. The summed E-state index contributed by atoms with van der Waals surface area (Å²) in [5.74, 6) is 0.513. The van der Waals surface area contributed by atoms with Crippen LogP contribution in [0.25, 0.3) is 11.0 Å². The molecule has 0 aliphatic carbocycles. The van der Waals surface area contributed by atoms with Crippen LogP contribution in [0.15, 0.2) is 30.9 Å². The standard InChI is InChI=1S/C15H12ClN5O/c1-8-3-4-10(9(2)22)5-11(8)21-15-13-12(17-7-20-15)14(16)19-6-18-13/h3-7H,1-2H3,(H,17,20,21). The molecule has 2 aromatic heterocycles. The second-order valence-electron chi connectivity index (χ2n) is 4.79. The number of nitrogens with zero attached hydrogens (tertiary/aromatic N) is 4. The average molecular weight is 314 g/mol. The molecular weight excluding hydrogens is 302 g/mol. The Kier molecular flexibility index (Phi) is 3.68. The van der Waals surface area contributed by atoms with Gasteiger partial charge < -0.3 is 5.32 Å². The number of aromatic nitrogens is 4. The van der Waals surface area contributed by atoms with Gasteiger partial charge in [-0.25, -0.2) is 19.9 Å². The van der Waals surface area contributed by atoms with Crippen molar-refractivity contribution in [2.75, 3.05) is 5.32 Å². The number of halogens is 1. The monoisotopic (exact) mass is 313 g/mol. The van der Waals surface area contributed by atoms with Crippen LogP contribution in [-0.2, 0) is 0 Å². The van der Waals surface area contributed by atoms with Crippen molar-refractivity contribution < 1.29 is 4.79 Å². The van der Waals surface area contributed by atoms with Gasteiger partial charge in [0.1, 0.15) is 23.7 Å². The average Bonchev–Trinajstić information content (AvgIpc) is 2.50. The molecule has 0 bridgehead atoms. The van der Waals surface area contributed by atoms with Gasteiger partial charge in [-0.15, -0.1) is 0 Å². The lowest BCUT2D eigenvalue weighted by atomic mass is 10.1. The van der Waals surface area contributed by atoms with E-state index in [4.69, 9.17) is 11.6 Å². The SMILES string of the molecule is CC(=O)c1ccc(C)c(Nc2ncnc3c(Cl)ncnc23)c1. The third-order valence-corrected chi connectivity index (χ3v) is 3.55. The van der Waals surface area contributed by atoms with Crippen LogP contribution >= 0.6 is 11.6 Å². The number of Topliss-reactive ketones (excluding diaryl/α,β-unsaturated/α-hetero) is 1. The summed E-state index contributed by atoms with van der Waals surface area (Å²) in [4.78, 5) is 27.9. The lowest BCUT2D eigenvalue weighted by Crippen LogP contribution is -2.01. The molecule has 22 heavy (non-hydrogen) atoms. The first-order valence-electron chi connectivity index (χ1n) is 6.56. The van der Waals surface area contributed by atoms with Crippen molar-refractivity contribution in [2.45, 2.75) is 13.8 Å². The van der Waals surface area contributed by atoms with Gasteiger partial charge in [-0.2, -0.15) is 0 Å². The first-order valence-corrected chi connectivity index (χ1v) is 6.94. The van der Waals surface area contributed by atoms with Crippen molar-refractivity contribution in [1.82, 2.24) is 19.9 Å². The first-order chi connectivity index (χ1) is 10.6. The summed E-state index contributed by atoms with van der Waals surface area (Å²) in [7, 11) is 0. The van der Waals surface area contributed by atoms with Crippen LogP contribution in [0.1, 0.15) is 22.8 Å². The van der Waals surface area contributed by atoms with Gasteiger partial charge in [0.25, 0.3) is 0 Å². The Hall–Kier alpha value is -2.60. The zero-order chi connectivity index (χ0) is 15.7. The number of nitrogens with one attached hydrogen (secondary N) is 1. The number of fused-ring (bicyclic) bond motifs is 1. The lowest BCUT2D eigenvalue weighted by molar-refractivity contribution is 0.101. The molecule has 0 unspecified atom stereocenters. The summed E-state index contributed by atoms with van der Waals surface area (Å²) in [5.41, 5.74) is 3.38. The van der Waals surface area contributed by atoms with Crippen molar-refractivity contribution in [1.29, 1.82) is 0 Å². The molecule has 0 aliphatic rings. The van der Waals surface area contributed by atoms with Crippen LogP contribution < -0.4 is 5.32 Å². The fraction of sp³-hybridized carbons (Fsp3) is 0.133. The summed E-state index contributed by atoms with van der Waals surface area (Å²) in [6.07, 6.45) is 2.75. The van der Waals surface area contributed by atoms with Crippen LogP contribution in [0.3, 0.4) is 0 Å². The van der Waals surface area contributed by atoms with Crippen molar-refractivity contribution in [3.05, 3.63) is 47.1 Å². The van der Waals surface area contributed by atoms with Gasteiger partial charge in [-0.3, -0.25) is 4.79 Å². The summed E-state index contributed by atoms with van der Waals surface area (Å²) in [6.45, 7) is 3.47. The summed E-state index contributed by atoms with van der Waals surface area (Å²) in [5, 5.41) is 3.45. The van der Waals surface area contributed by atoms with E-state index in [1.165, 1.54) is 19.6 Å². The Labute approximate surface area is 131 Å². The molecule has 0 radical (unpaired) electrons. The van der Waals surface area contributed by atoms with Crippen molar-refractivity contribution >= 4 is 39.9 Å². The zero-order valence-electron chi connectivity index (χ0n) is 12.0. The van der Waals surface area contributed by atoms with Crippen molar-refractivity contribution in [2.24, 2.45) is 0 Å². The highest BCUT2D eigenvalue weighted by atomic mass is 35.5. The second-order valence-corrected chi connectivity index (χ2v) is 5.15. The third-order valence-electron chi connectivity index (χ3n) is 3.27. The Morgan fingerprint density at radius 1 is 1.09 bits per heavy atom. The number of carbonyl (C=O) groups excluding carboxylic acids is 1. The maximum absolute atomic E-state index is 11.5. The van der Waals surface area contributed by atoms with E-state index in [1.807, 2.05) is 13.0 Å². The molecule has 0 saturated carbocycles. The first kappa shape index (κ1) is 14.3. The van der Waals surface area contributed by atoms with Crippen LogP contribution in [0.2, 0.25) is 5.15 Å². The van der Waals surface area contributed by atoms with Crippen molar-refractivity contribution in [3.63, 3.8) is 0 Å². The molecule has 1 aromatic carbocycles. The van der Waals surface area contributed by atoms with Crippen LogP contribution in [0.5, 0.6) is 0 Å². The van der Waals surface area contributed by atoms with Gasteiger partial charge in [0, 0.05) is 11.3 Å². The molecule has 7 heteroatoms. The van der Waals surface area contributed by atoms with Crippen LogP contribution in [-0.4, -0.2) is 25.7 Å². The second kappa shape index (κ2) is 5.65. The highest BCUT2D eigenvalue weighted by molar-refractivity contribution is 6.33. The molecule has 0 fully saturated rings. The Bertz CT molecular complexity index is 881. The molecule has 0 saturated heterocycles. The minimum Gasteiger partial charge on any atom is -0.338 e. The Balaban J connectivity index is 2.09. The molecule has 3 aromatic rings. The molecule has 0 spiro atoms. The fourth-order valence-electron chi connectivity index (χ4n) is 2.05. The summed E-state index contributed by atoms with van der Waals surface area (Å²) >= 11 is 6.02. The molecule has 0 atom stereocenters. The number of aryl methyl sites for hydroxylation is 1. The minimum absolute atomic E-state index is 0.000894. The molecule has 110 valence electrons. The van der Waals surface area contributed by atoms with Gasteiger partial charge in [-0.1, -0.05) is 23.7 Å². The zero-order valence-corrected chi connectivity index (χ0v) is 12.7. The fourth-order valence-corrected chi connectivity index (χ4v) is 2.23.